The minimum atomic E-state index is -2.87. The van der Waals surface area contributed by atoms with E-state index in [9.17, 15) is 23.2 Å². The number of halogens is 2. The van der Waals surface area contributed by atoms with Crippen molar-refractivity contribution in [3.63, 3.8) is 0 Å². The van der Waals surface area contributed by atoms with Crippen LogP contribution in [0.25, 0.3) is 0 Å². The Hall–Kier alpha value is -2.56. The summed E-state index contributed by atoms with van der Waals surface area (Å²) in [5, 5.41) is 8.04. The molecule has 1 aliphatic heterocycles. The molecule has 2 fully saturated rings. The molecule has 1 aromatic heterocycles. The number of hydrogen-bond donors (Lipinski definition) is 4. The highest BCUT2D eigenvalue weighted by Crippen LogP contribution is 2.43. The van der Waals surface area contributed by atoms with Crippen LogP contribution in [-0.2, 0) is 9.59 Å². The van der Waals surface area contributed by atoms with Crippen LogP contribution < -0.4 is 21.5 Å². The van der Waals surface area contributed by atoms with Crippen LogP contribution in [0.5, 0.6) is 0 Å². The number of nitrogens with one attached hydrogen (secondary N) is 4. The van der Waals surface area contributed by atoms with Crippen molar-refractivity contribution in [2.75, 3.05) is 19.6 Å². The third-order valence-corrected chi connectivity index (χ3v) is 4.37. The van der Waals surface area contributed by atoms with Crippen molar-refractivity contribution < 1.29 is 27.7 Å². The Bertz CT molecular complexity index is 701. The smallest absolute Gasteiger partial charge is 0.298 e. The quantitative estimate of drug-likeness (QED) is 0.503. The van der Waals surface area contributed by atoms with Gasteiger partial charge in [0.25, 0.3) is 18.2 Å². The predicted octanol–water partition coefficient (Wildman–Crippen LogP) is 0.905. The molecule has 1 saturated carbocycles. The zero-order valence-electron chi connectivity index (χ0n) is 15.8. The van der Waals surface area contributed by atoms with Crippen LogP contribution in [0.4, 0.5) is 8.78 Å². The largest absolute Gasteiger partial charge is 0.356 e. The van der Waals surface area contributed by atoms with Crippen LogP contribution in [0.3, 0.4) is 0 Å². The first-order valence-corrected chi connectivity index (χ1v) is 9.00. The summed E-state index contributed by atoms with van der Waals surface area (Å²) in [5.74, 6) is -2.40. The molecule has 3 amide bonds. The van der Waals surface area contributed by atoms with E-state index in [4.69, 9.17) is 0 Å². The molecule has 28 heavy (non-hydrogen) atoms. The second-order valence-electron chi connectivity index (χ2n) is 7.47. The van der Waals surface area contributed by atoms with E-state index in [1.807, 2.05) is 0 Å². The molecule has 4 N–H and O–H groups in total. The van der Waals surface area contributed by atoms with E-state index in [2.05, 4.69) is 45.0 Å². The van der Waals surface area contributed by atoms with Gasteiger partial charge < -0.3 is 15.2 Å². The highest BCUT2D eigenvalue weighted by molar-refractivity contribution is 5.94. The van der Waals surface area contributed by atoms with Crippen molar-refractivity contribution in [3.8, 4) is 0 Å². The van der Waals surface area contributed by atoms with E-state index >= 15 is 0 Å². The molecule has 1 atom stereocenters. The molecular formula is C17H25F2N5O4. The first-order chi connectivity index (χ1) is 13.2. The molecule has 0 bridgehead atoms. The van der Waals surface area contributed by atoms with Crippen LogP contribution in [0.2, 0.25) is 0 Å². The molecule has 1 aliphatic carbocycles. The Morgan fingerprint density at radius 3 is 2.57 bits per heavy atom. The summed E-state index contributed by atoms with van der Waals surface area (Å²) in [5.41, 5.74) is 5.31. The lowest BCUT2D eigenvalue weighted by Crippen LogP contribution is -2.46. The van der Waals surface area contributed by atoms with E-state index in [-0.39, 0.29) is 30.6 Å². The molecule has 156 valence electrons. The summed E-state index contributed by atoms with van der Waals surface area (Å²) in [7, 11) is 0. The second kappa shape index (κ2) is 9.58. The molecule has 11 heteroatoms. The number of carbonyl (C=O) groups is 3. The summed E-state index contributed by atoms with van der Waals surface area (Å²) in [6.45, 7) is 5.08. The molecule has 3 rings (SSSR count). The van der Waals surface area contributed by atoms with E-state index in [0.717, 1.165) is 11.5 Å². The fourth-order valence-electron chi connectivity index (χ4n) is 2.16. The number of hydrogen-bond acceptors (Lipinski definition) is 6. The zero-order chi connectivity index (χ0) is 20.7. The van der Waals surface area contributed by atoms with Gasteiger partial charge in [0, 0.05) is 19.2 Å². The highest BCUT2D eigenvalue weighted by atomic mass is 19.3. The number of aromatic nitrogens is 1. The Morgan fingerprint density at radius 2 is 2.07 bits per heavy atom. The van der Waals surface area contributed by atoms with Crippen molar-refractivity contribution in [3.05, 3.63) is 17.5 Å². The minimum absolute atomic E-state index is 0.0825. The van der Waals surface area contributed by atoms with Gasteiger partial charge in [0.1, 0.15) is 0 Å². The molecule has 1 unspecified atom stereocenters. The third kappa shape index (κ3) is 7.22. The van der Waals surface area contributed by atoms with Crippen molar-refractivity contribution in [1.82, 2.24) is 26.6 Å². The summed E-state index contributed by atoms with van der Waals surface area (Å²) in [6.07, 6.45) is 0.709. The number of amides is 3. The molecule has 2 aliphatic rings. The maximum absolute atomic E-state index is 12.3. The summed E-state index contributed by atoms with van der Waals surface area (Å²) < 4.78 is 28.8. The van der Waals surface area contributed by atoms with Crippen molar-refractivity contribution in [2.45, 2.75) is 39.5 Å². The fourth-order valence-corrected chi connectivity index (χ4v) is 2.16. The van der Waals surface area contributed by atoms with Gasteiger partial charge in [-0.15, -0.1) is 0 Å². The van der Waals surface area contributed by atoms with Gasteiger partial charge in [-0.1, -0.05) is 19.0 Å². The first-order valence-electron chi connectivity index (χ1n) is 9.00. The van der Waals surface area contributed by atoms with Crippen LogP contribution >= 0.6 is 0 Å². The molecule has 0 spiro atoms. The molecule has 2 heterocycles. The van der Waals surface area contributed by atoms with Gasteiger partial charge >= 0.3 is 0 Å². The number of rotatable bonds is 7. The number of alkyl halides is 2. The van der Waals surface area contributed by atoms with Crippen LogP contribution in [0, 0.1) is 11.3 Å². The van der Waals surface area contributed by atoms with Crippen molar-refractivity contribution in [1.29, 1.82) is 0 Å². The van der Waals surface area contributed by atoms with Gasteiger partial charge in [0.05, 0.1) is 12.5 Å². The summed E-state index contributed by atoms with van der Waals surface area (Å²) in [4.78, 5) is 34.4. The Labute approximate surface area is 160 Å². The van der Waals surface area contributed by atoms with Gasteiger partial charge in [-0.2, -0.15) is 0 Å². The highest BCUT2D eigenvalue weighted by Gasteiger charge is 2.30. The van der Waals surface area contributed by atoms with Crippen LogP contribution in [-0.4, -0.2) is 42.5 Å². The van der Waals surface area contributed by atoms with Gasteiger partial charge in [-0.25, -0.2) is 14.2 Å². The lowest BCUT2D eigenvalue weighted by molar-refractivity contribution is -0.124. The molecule has 0 aromatic carbocycles. The standard InChI is InChI=1S/C12H15F2N5O4.C5H10/c13-10(14)8-3-7(19-23-8)12(22)16-5-9(20)18-17-4-6-1-2-15-11(6)21;1-5(2)3-4-5/h3,6,10,17H,1-2,4-5H2,(H,15,21)(H,16,22)(H,18,20);3-4H2,1-2H3. The lowest BCUT2D eigenvalue weighted by Gasteiger charge is -2.10. The summed E-state index contributed by atoms with van der Waals surface area (Å²) >= 11 is 0. The van der Waals surface area contributed by atoms with E-state index in [1.54, 1.807) is 0 Å². The fraction of sp³-hybridized carbons (Fsp3) is 0.647. The third-order valence-electron chi connectivity index (χ3n) is 4.37. The van der Waals surface area contributed by atoms with Gasteiger partial charge in [-0.3, -0.25) is 19.8 Å². The predicted molar refractivity (Wildman–Crippen MR) is 94.1 cm³/mol. The molecule has 1 saturated heterocycles. The molecule has 9 nitrogen and oxygen atoms in total. The van der Waals surface area contributed by atoms with Crippen LogP contribution in [0.1, 0.15) is 55.8 Å². The zero-order valence-corrected chi connectivity index (χ0v) is 15.8. The maximum Gasteiger partial charge on any atom is 0.298 e. The average Bonchev–Trinajstić information content (AvgIpc) is 3.05. The second-order valence-corrected chi connectivity index (χ2v) is 7.47. The Morgan fingerprint density at radius 1 is 1.39 bits per heavy atom. The Kier molecular flexibility index (Phi) is 7.44. The average molecular weight is 401 g/mol. The van der Waals surface area contributed by atoms with E-state index in [0.29, 0.717) is 13.0 Å². The molecular weight excluding hydrogens is 376 g/mol. The molecule has 1 aromatic rings. The van der Waals surface area contributed by atoms with Crippen molar-refractivity contribution in [2.24, 2.45) is 11.3 Å². The van der Waals surface area contributed by atoms with Crippen LogP contribution in [0.15, 0.2) is 10.6 Å². The van der Waals surface area contributed by atoms with E-state index in [1.165, 1.54) is 12.8 Å². The Balaban J connectivity index is 0.000000485. The number of carbonyl (C=O) groups excluding carboxylic acids is 3. The topological polar surface area (TPSA) is 125 Å². The normalized spacial score (nSPS) is 19.5. The van der Waals surface area contributed by atoms with Crippen molar-refractivity contribution >= 4 is 17.7 Å². The molecule has 0 radical (unpaired) electrons. The first kappa shape index (κ1) is 21.7. The number of nitrogens with zero attached hydrogens (tertiary/aromatic N) is 1. The van der Waals surface area contributed by atoms with Gasteiger partial charge in [-0.05, 0) is 24.7 Å². The number of hydrazine groups is 1. The maximum atomic E-state index is 12.3. The van der Waals surface area contributed by atoms with Gasteiger partial charge in [0.15, 0.2) is 5.69 Å². The van der Waals surface area contributed by atoms with E-state index < -0.39 is 24.0 Å². The SMILES string of the molecule is CC1(C)CC1.O=C(CNC(=O)c1cc(C(F)F)on1)NNCC1CCNC1=O. The summed E-state index contributed by atoms with van der Waals surface area (Å²) in [6, 6.07) is 0.800. The lowest BCUT2D eigenvalue weighted by atomic mass is 10.1. The monoisotopic (exact) mass is 401 g/mol. The minimum Gasteiger partial charge on any atom is -0.356 e. The van der Waals surface area contributed by atoms with Gasteiger partial charge in [0.2, 0.25) is 11.7 Å².